The molecule has 0 spiro atoms. The van der Waals surface area contributed by atoms with Crippen molar-refractivity contribution in [2.24, 2.45) is 18.7 Å². The number of benzene rings is 1. The number of hydrogen-bond acceptors (Lipinski definition) is 2. The van der Waals surface area contributed by atoms with E-state index in [9.17, 15) is 0 Å². The van der Waals surface area contributed by atoms with Crippen LogP contribution in [0.4, 0.5) is 0 Å². The average molecular weight is 203 g/mol. The predicted molar refractivity (Wildman–Crippen MR) is 62.5 cm³/mol. The van der Waals surface area contributed by atoms with E-state index in [2.05, 4.69) is 29.5 Å². The van der Waals surface area contributed by atoms with E-state index >= 15 is 0 Å². The molecule has 0 radical (unpaired) electrons. The average Bonchev–Trinajstić information content (AvgIpc) is 2.56. The number of nitrogens with two attached hydrogens (primary N) is 1. The lowest BCUT2D eigenvalue weighted by molar-refractivity contribution is 0.480. The van der Waals surface area contributed by atoms with Crippen molar-refractivity contribution in [3.8, 4) is 0 Å². The van der Waals surface area contributed by atoms with Crippen LogP contribution in [0.15, 0.2) is 24.3 Å². The minimum absolute atomic E-state index is 0.00222. The number of para-hydroxylation sites is 2. The van der Waals surface area contributed by atoms with Gasteiger partial charge in [0.1, 0.15) is 5.82 Å². The molecule has 0 saturated carbocycles. The van der Waals surface area contributed by atoms with E-state index in [0.717, 1.165) is 16.9 Å². The molecule has 3 heteroatoms. The third kappa shape index (κ3) is 1.63. The Morgan fingerprint density at radius 2 is 1.93 bits per heavy atom. The minimum atomic E-state index is 0.00222. The van der Waals surface area contributed by atoms with Crippen LogP contribution in [0.5, 0.6) is 0 Å². The molecule has 1 aromatic heterocycles. The van der Waals surface area contributed by atoms with Gasteiger partial charge < -0.3 is 10.3 Å². The van der Waals surface area contributed by atoms with Crippen LogP contribution in [-0.4, -0.2) is 9.55 Å². The van der Waals surface area contributed by atoms with Gasteiger partial charge in [0.05, 0.1) is 17.1 Å². The van der Waals surface area contributed by atoms with Crippen molar-refractivity contribution in [1.82, 2.24) is 9.55 Å². The molecule has 0 bridgehead atoms. The zero-order chi connectivity index (χ0) is 11.0. The molecule has 0 amide bonds. The first-order valence-electron chi connectivity index (χ1n) is 5.28. The molecule has 15 heavy (non-hydrogen) atoms. The lowest BCUT2D eigenvalue weighted by atomic mass is 10.1. The van der Waals surface area contributed by atoms with Gasteiger partial charge in [-0.05, 0) is 18.1 Å². The van der Waals surface area contributed by atoms with Crippen molar-refractivity contribution in [3.05, 3.63) is 30.1 Å². The highest BCUT2D eigenvalue weighted by molar-refractivity contribution is 5.75. The molecule has 0 fully saturated rings. The largest absolute Gasteiger partial charge is 0.330 e. The van der Waals surface area contributed by atoms with Gasteiger partial charge in [0.15, 0.2) is 0 Å². The summed E-state index contributed by atoms with van der Waals surface area (Å²) in [6, 6.07) is 8.11. The molecule has 0 unspecified atom stereocenters. The van der Waals surface area contributed by atoms with Gasteiger partial charge in [-0.15, -0.1) is 0 Å². The highest BCUT2D eigenvalue weighted by Crippen LogP contribution is 2.22. The standard InChI is InChI=1S/C12H17N3/c1-8(2)11(13)12-14-9-6-4-5-7-10(9)15(12)3/h4-8,11H,13H2,1-3H3/t11-/m1/s1. The molecule has 1 atom stereocenters. The Kier molecular flexibility index (Phi) is 2.49. The molecule has 2 rings (SSSR count). The Morgan fingerprint density at radius 3 is 2.53 bits per heavy atom. The zero-order valence-corrected chi connectivity index (χ0v) is 9.44. The molecule has 1 heterocycles. The summed E-state index contributed by atoms with van der Waals surface area (Å²) in [5.74, 6) is 1.37. The molecular weight excluding hydrogens is 186 g/mol. The van der Waals surface area contributed by atoms with Crippen LogP contribution in [0.3, 0.4) is 0 Å². The van der Waals surface area contributed by atoms with Gasteiger partial charge in [0.25, 0.3) is 0 Å². The molecule has 2 aromatic rings. The maximum absolute atomic E-state index is 6.12. The molecular formula is C12H17N3. The first-order valence-corrected chi connectivity index (χ1v) is 5.28. The van der Waals surface area contributed by atoms with Gasteiger partial charge >= 0.3 is 0 Å². The fourth-order valence-corrected chi connectivity index (χ4v) is 1.76. The van der Waals surface area contributed by atoms with Gasteiger partial charge in [0.2, 0.25) is 0 Å². The van der Waals surface area contributed by atoms with Crippen LogP contribution < -0.4 is 5.73 Å². The van der Waals surface area contributed by atoms with Crippen LogP contribution in [0.2, 0.25) is 0 Å². The number of nitrogens with zero attached hydrogens (tertiary/aromatic N) is 2. The number of hydrogen-bond donors (Lipinski definition) is 1. The summed E-state index contributed by atoms with van der Waals surface area (Å²) >= 11 is 0. The molecule has 0 aliphatic rings. The van der Waals surface area contributed by atoms with Crippen LogP contribution >= 0.6 is 0 Å². The van der Waals surface area contributed by atoms with Gasteiger partial charge in [-0.3, -0.25) is 0 Å². The summed E-state index contributed by atoms with van der Waals surface area (Å²) in [6.45, 7) is 4.23. The fourth-order valence-electron chi connectivity index (χ4n) is 1.76. The van der Waals surface area contributed by atoms with Crippen LogP contribution in [0.25, 0.3) is 11.0 Å². The number of aromatic nitrogens is 2. The molecule has 0 aliphatic heterocycles. The van der Waals surface area contributed by atoms with E-state index in [-0.39, 0.29) is 6.04 Å². The molecule has 80 valence electrons. The Labute approximate surface area is 89.9 Å². The second-order valence-electron chi connectivity index (χ2n) is 4.29. The van der Waals surface area contributed by atoms with E-state index in [4.69, 9.17) is 5.73 Å². The van der Waals surface area contributed by atoms with Gasteiger partial charge in [0, 0.05) is 7.05 Å². The Bertz CT molecular complexity index is 471. The third-order valence-corrected chi connectivity index (χ3v) is 2.84. The van der Waals surface area contributed by atoms with Crippen LogP contribution in [0, 0.1) is 5.92 Å². The Balaban J connectivity index is 2.58. The summed E-state index contributed by atoms with van der Waals surface area (Å²) in [7, 11) is 2.02. The normalized spacial score (nSPS) is 13.7. The minimum Gasteiger partial charge on any atom is -0.330 e. The van der Waals surface area contributed by atoms with Gasteiger partial charge in [-0.2, -0.15) is 0 Å². The van der Waals surface area contributed by atoms with Crippen molar-refractivity contribution in [1.29, 1.82) is 0 Å². The van der Waals surface area contributed by atoms with Crippen molar-refractivity contribution in [2.75, 3.05) is 0 Å². The first kappa shape index (κ1) is 10.2. The molecule has 0 aliphatic carbocycles. The fraction of sp³-hybridized carbons (Fsp3) is 0.417. The number of rotatable bonds is 2. The number of fused-ring (bicyclic) bond motifs is 1. The summed E-state index contributed by atoms with van der Waals surface area (Å²) in [6.07, 6.45) is 0. The van der Waals surface area contributed by atoms with Crippen molar-refractivity contribution in [3.63, 3.8) is 0 Å². The highest BCUT2D eigenvalue weighted by Gasteiger charge is 2.17. The van der Waals surface area contributed by atoms with Gasteiger partial charge in [-0.1, -0.05) is 26.0 Å². The lowest BCUT2D eigenvalue weighted by Crippen LogP contribution is -2.20. The number of imidazole rings is 1. The first-order chi connectivity index (χ1) is 7.11. The second kappa shape index (κ2) is 3.66. The van der Waals surface area contributed by atoms with Crippen molar-refractivity contribution < 1.29 is 0 Å². The van der Waals surface area contributed by atoms with E-state index in [1.165, 1.54) is 0 Å². The monoisotopic (exact) mass is 203 g/mol. The van der Waals surface area contributed by atoms with E-state index in [1.54, 1.807) is 0 Å². The quantitative estimate of drug-likeness (QED) is 0.813. The smallest absolute Gasteiger partial charge is 0.126 e. The summed E-state index contributed by atoms with van der Waals surface area (Å²) < 4.78 is 2.08. The molecule has 2 N–H and O–H groups in total. The maximum atomic E-state index is 6.12. The van der Waals surface area contributed by atoms with E-state index in [0.29, 0.717) is 5.92 Å². The van der Waals surface area contributed by atoms with E-state index in [1.807, 2.05) is 25.2 Å². The molecule has 3 nitrogen and oxygen atoms in total. The van der Waals surface area contributed by atoms with Crippen molar-refractivity contribution >= 4 is 11.0 Å². The highest BCUT2D eigenvalue weighted by atomic mass is 15.1. The SMILES string of the molecule is CC(C)[C@@H](N)c1nc2ccccc2n1C. The summed E-state index contributed by atoms with van der Waals surface area (Å²) in [5, 5.41) is 0. The third-order valence-electron chi connectivity index (χ3n) is 2.84. The summed E-state index contributed by atoms with van der Waals surface area (Å²) in [5.41, 5.74) is 8.28. The van der Waals surface area contributed by atoms with Gasteiger partial charge in [-0.25, -0.2) is 4.98 Å². The lowest BCUT2D eigenvalue weighted by Gasteiger charge is -2.14. The topological polar surface area (TPSA) is 43.8 Å². The number of aryl methyl sites for hydroxylation is 1. The van der Waals surface area contributed by atoms with E-state index < -0.39 is 0 Å². The predicted octanol–water partition coefficient (Wildman–Crippen LogP) is 2.23. The Hall–Kier alpha value is -1.35. The maximum Gasteiger partial charge on any atom is 0.126 e. The van der Waals surface area contributed by atoms with Crippen LogP contribution in [0.1, 0.15) is 25.7 Å². The molecule has 0 saturated heterocycles. The Morgan fingerprint density at radius 1 is 1.27 bits per heavy atom. The van der Waals surface area contributed by atoms with Crippen LogP contribution in [-0.2, 0) is 7.05 Å². The van der Waals surface area contributed by atoms with Crippen molar-refractivity contribution in [2.45, 2.75) is 19.9 Å². The second-order valence-corrected chi connectivity index (χ2v) is 4.29. The summed E-state index contributed by atoms with van der Waals surface area (Å²) in [4.78, 5) is 4.57. The zero-order valence-electron chi connectivity index (χ0n) is 9.44. The molecule has 1 aromatic carbocycles.